The van der Waals surface area contributed by atoms with Crippen molar-refractivity contribution < 1.29 is 30.7 Å². The van der Waals surface area contributed by atoms with Gasteiger partial charge in [0, 0.05) is 12.1 Å². The first-order chi connectivity index (χ1) is 11.1. The molecule has 0 atom stereocenters. The zero-order valence-corrected chi connectivity index (χ0v) is 13.2. The van der Waals surface area contributed by atoms with E-state index in [4.69, 9.17) is 4.74 Å². The molecule has 130 valence electrons. The van der Waals surface area contributed by atoms with E-state index in [1.54, 1.807) is 0 Å². The number of halogens is 4. The van der Waals surface area contributed by atoms with Crippen molar-refractivity contribution in [3.8, 4) is 5.75 Å². The van der Waals surface area contributed by atoms with Crippen LogP contribution in [0.4, 0.5) is 17.6 Å². The Balaban J connectivity index is 2.20. The third-order valence-electron chi connectivity index (χ3n) is 3.21. The Hall–Kier alpha value is -2.13. The van der Waals surface area contributed by atoms with Gasteiger partial charge in [0.05, 0.1) is 17.6 Å². The minimum absolute atomic E-state index is 0.115. The van der Waals surface area contributed by atoms with Gasteiger partial charge in [0.15, 0.2) is 0 Å². The number of methoxy groups -OCH3 is 1. The molecule has 2 aromatic carbocycles. The molecule has 0 spiro atoms. The molecule has 1 N–H and O–H groups in total. The lowest BCUT2D eigenvalue weighted by molar-refractivity contribution is -0.140. The van der Waals surface area contributed by atoms with Crippen LogP contribution in [0, 0.1) is 5.82 Å². The highest BCUT2D eigenvalue weighted by molar-refractivity contribution is 7.89. The Kier molecular flexibility index (Phi) is 5.14. The molecular weight excluding hydrogens is 350 g/mol. The van der Waals surface area contributed by atoms with Gasteiger partial charge in [0.25, 0.3) is 0 Å². The first-order valence-corrected chi connectivity index (χ1v) is 8.12. The Morgan fingerprint density at radius 2 is 1.71 bits per heavy atom. The van der Waals surface area contributed by atoms with E-state index in [9.17, 15) is 26.0 Å². The van der Waals surface area contributed by atoms with Gasteiger partial charge in [-0.05, 0) is 30.3 Å². The lowest BCUT2D eigenvalue weighted by Crippen LogP contribution is -2.24. The number of ether oxygens (including phenoxy) is 1. The highest BCUT2D eigenvalue weighted by Crippen LogP contribution is 2.32. The standard InChI is InChI=1S/C15H13F4NO3S/c1-23-11-5-7-12(8-6-11)24(21,22)20-9-10-3-2-4-13(14(10)16)15(17,18)19/h2-8,20H,9H2,1H3. The van der Waals surface area contributed by atoms with E-state index in [-0.39, 0.29) is 4.90 Å². The quantitative estimate of drug-likeness (QED) is 0.829. The molecule has 0 unspecified atom stereocenters. The van der Waals surface area contributed by atoms with E-state index in [1.165, 1.54) is 31.4 Å². The summed E-state index contributed by atoms with van der Waals surface area (Å²) >= 11 is 0. The first-order valence-electron chi connectivity index (χ1n) is 6.63. The Morgan fingerprint density at radius 3 is 2.25 bits per heavy atom. The summed E-state index contributed by atoms with van der Waals surface area (Å²) in [6.07, 6.45) is -4.85. The van der Waals surface area contributed by atoms with Crippen molar-refractivity contribution in [3.63, 3.8) is 0 Å². The van der Waals surface area contributed by atoms with Crippen LogP contribution in [-0.2, 0) is 22.7 Å². The molecule has 0 saturated heterocycles. The summed E-state index contributed by atoms with van der Waals surface area (Å²) in [7, 11) is -2.59. The number of rotatable bonds is 5. The molecule has 4 nitrogen and oxygen atoms in total. The van der Waals surface area contributed by atoms with Crippen LogP contribution in [0.5, 0.6) is 5.75 Å². The Bertz CT molecular complexity index is 818. The van der Waals surface area contributed by atoms with E-state index in [0.717, 1.165) is 12.1 Å². The summed E-state index contributed by atoms with van der Waals surface area (Å²) in [6, 6.07) is 8.06. The Labute approximate surface area is 136 Å². The minimum Gasteiger partial charge on any atom is -0.497 e. The molecule has 0 bridgehead atoms. The van der Waals surface area contributed by atoms with E-state index in [1.807, 2.05) is 0 Å². The number of hydrogen-bond donors (Lipinski definition) is 1. The number of sulfonamides is 1. The van der Waals surface area contributed by atoms with Crippen molar-refractivity contribution in [3.05, 3.63) is 59.4 Å². The predicted octanol–water partition coefficient (Wildman–Crippen LogP) is 3.33. The van der Waals surface area contributed by atoms with Crippen molar-refractivity contribution in [1.82, 2.24) is 4.72 Å². The molecule has 24 heavy (non-hydrogen) atoms. The van der Waals surface area contributed by atoms with Crippen LogP contribution in [0.3, 0.4) is 0 Å². The van der Waals surface area contributed by atoms with E-state index in [2.05, 4.69) is 4.72 Å². The molecule has 2 rings (SSSR count). The van der Waals surface area contributed by atoms with Gasteiger partial charge in [0.1, 0.15) is 11.6 Å². The second-order valence-corrected chi connectivity index (χ2v) is 6.54. The maximum atomic E-state index is 13.9. The highest BCUT2D eigenvalue weighted by Gasteiger charge is 2.34. The van der Waals surface area contributed by atoms with Crippen molar-refractivity contribution in [2.24, 2.45) is 0 Å². The molecule has 2 aromatic rings. The second kappa shape index (κ2) is 6.78. The third-order valence-corrected chi connectivity index (χ3v) is 4.62. The molecule has 0 aliphatic rings. The zero-order chi connectivity index (χ0) is 18.0. The molecule has 0 aromatic heterocycles. The van der Waals surface area contributed by atoms with Crippen LogP contribution < -0.4 is 9.46 Å². The summed E-state index contributed by atoms with van der Waals surface area (Å²) in [5, 5.41) is 0. The number of alkyl halides is 3. The maximum absolute atomic E-state index is 13.9. The molecule has 9 heteroatoms. The fraction of sp³-hybridized carbons (Fsp3) is 0.200. The van der Waals surface area contributed by atoms with E-state index < -0.39 is 39.7 Å². The number of nitrogens with one attached hydrogen (secondary N) is 1. The van der Waals surface area contributed by atoms with Gasteiger partial charge in [-0.15, -0.1) is 0 Å². The van der Waals surface area contributed by atoms with Crippen molar-refractivity contribution in [2.45, 2.75) is 17.6 Å². The van der Waals surface area contributed by atoms with Gasteiger partial charge in [-0.3, -0.25) is 0 Å². The molecule has 0 saturated carbocycles. The average Bonchev–Trinajstić information content (AvgIpc) is 2.53. The summed E-state index contributed by atoms with van der Waals surface area (Å²) in [4.78, 5) is -0.115. The van der Waals surface area contributed by atoms with E-state index >= 15 is 0 Å². The molecule has 0 aliphatic heterocycles. The molecule has 0 radical (unpaired) electrons. The van der Waals surface area contributed by atoms with Crippen LogP contribution >= 0.6 is 0 Å². The first kappa shape index (κ1) is 18.2. The predicted molar refractivity (Wildman–Crippen MR) is 78.4 cm³/mol. The summed E-state index contributed by atoms with van der Waals surface area (Å²) in [5.41, 5.74) is -1.84. The summed E-state index contributed by atoms with van der Waals surface area (Å²) in [6.45, 7) is -0.607. The lowest BCUT2D eigenvalue weighted by Gasteiger charge is -2.12. The van der Waals surface area contributed by atoms with Gasteiger partial charge in [-0.1, -0.05) is 12.1 Å². The largest absolute Gasteiger partial charge is 0.497 e. The zero-order valence-electron chi connectivity index (χ0n) is 12.4. The summed E-state index contributed by atoms with van der Waals surface area (Å²) in [5.74, 6) is -1.06. The normalized spacial score (nSPS) is 12.2. The fourth-order valence-corrected chi connectivity index (χ4v) is 2.95. The van der Waals surface area contributed by atoms with Crippen LogP contribution in [-0.4, -0.2) is 15.5 Å². The van der Waals surface area contributed by atoms with Gasteiger partial charge >= 0.3 is 6.18 Å². The highest BCUT2D eigenvalue weighted by atomic mass is 32.2. The number of hydrogen-bond acceptors (Lipinski definition) is 3. The van der Waals surface area contributed by atoms with Crippen LogP contribution in [0.25, 0.3) is 0 Å². The smallest absolute Gasteiger partial charge is 0.419 e. The molecule has 0 heterocycles. The van der Waals surface area contributed by atoms with Crippen molar-refractivity contribution in [1.29, 1.82) is 0 Å². The molecule has 0 aliphatic carbocycles. The lowest BCUT2D eigenvalue weighted by atomic mass is 10.1. The van der Waals surface area contributed by atoms with Crippen LogP contribution in [0.1, 0.15) is 11.1 Å². The fourth-order valence-electron chi connectivity index (χ4n) is 1.95. The van der Waals surface area contributed by atoms with Gasteiger partial charge in [0.2, 0.25) is 10.0 Å². The van der Waals surface area contributed by atoms with E-state index in [0.29, 0.717) is 11.8 Å². The minimum atomic E-state index is -4.85. The van der Waals surface area contributed by atoms with Crippen LogP contribution in [0.2, 0.25) is 0 Å². The second-order valence-electron chi connectivity index (χ2n) is 4.78. The SMILES string of the molecule is COc1ccc(S(=O)(=O)NCc2cccc(C(F)(F)F)c2F)cc1. The monoisotopic (exact) mass is 363 g/mol. The topological polar surface area (TPSA) is 55.4 Å². The molecular formula is C15H13F4NO3S. The maximum Gasteiger partial charge on any atom is 0.419 e. The van der Waals surface area contributed by atoms with Gasteiger partial charge in [-0.25, -0.2) is 17.5 Å². The third kappa shape index (κ3) is 4.04. The van der Waals surface area contributed by atoms with Crippen LogP contribution in [0.15, 0.2) is 47.4 Å². The average molecular weight is 363 g/mol. The van der Waals surface area contributed by atoms with Gasteiger partial charge in [-0.2, -0.15) is 13.2 Å². The summed E-state index contributed by atoms with van der Waals surface area (Å²) < 4.78 is 83.0. The molecule has 0 amide bonds. The van der Waals surface area contributed by atoms with Crippen molar-refractivity contribution >= 4 is 10.0 Å². The van der Waals surface area contributed by atoms with Gasteiger partial charge < -0.3 is 4.74 Å². The molecule has 0 fully saturated rings. The van der Waals surface area contributed by atoms with Crippen molar-refractivity contribution in [2.75, 3.05) is 7.11 Å². The number of benzene rings is 2. The Morgan fingerprint density at radius 1 is 1.08 bits per heavy atom.